The lowest BCUT2D eigenvalue weighted by molar-refractivity contribution is -0.154. The highest BCUT2D eigenvalue weighted by molar-refractivity contribution is 6.30. The fourth-order valence-corrected chi connectivity index (χ4v) is 4.48. The number of esters is 1. The van der Waals surface area contributed by atoms with Crippen LogP contribution >= 0.6 is 11.6 Å². The number of hydrogen-bond donors (Lipinski definition) is 3. The molecule has 2 heterocycles. The molecule has 1 amide bonds. The summed E-state index contributed by atoms with van der Waals surface area (Å²) in [5, 5.41) is 22.1. The third kappa shape index (κ3) is 5.17. The molecule has 3 rings (SSSR count). The Morgan fingerprint density at radius 2 is 1.97 bits per heavy atom. The predicted octanol–water partition coefficient (Wildman–Crippen LogP) is 3.82. The van der Waals surface area contributed by atoms with Gasteiger partial charge in [-0.3, -0.25) is 9.89 Å². The van der Waals surface area contributed by atoms with Gasteiger partial charge in [-0.25, -0.2) is 4.79 Å². The largest absolute Gasteiger partial charge is 0.461 e. The number of likely N-dealkylation sites (tertiary alicyclic amines) is 1. The molecule has 33 heavy (non-hydrogen) atoms. The zero-order valence-electron chi connectivity index (χ0n) is 19.8. The molecule has 2 unspecified atom stereocenters. The molecule has 2 aromatic rings. The van der Waals surface area contributed by atoms with Crippen molar-refractivity contribution < 1.29 is 19.4 Å². The lowest BCUT2D eigenvalue weighted by Crippen LogP contribution is -2.59. The van der Waals surface area contributed by atoms with Gasteiger partial charge in [0.2, 0.25) is 5.91 Å². The van der Waals surface area contributed by atoms with Gasteiger partial charge in [-0.05, 0) is 37.0 Å². The summed E-state index contributed by atoms with van der Waals surface area (Å²) in [6, 6.07) is 8.25. The molecule has 2 atom stereocenters. The van der Waals surface area contributed by atoms with Crippen LogP contribution in [0.3, 0.4) is 0 Å². The van der Waals surface area contributed by atoms with E-state index in [9.17, 15) is 14.7 Å². The standard InChI is InChI=1S/C24H33ClN4O4/c1-6-33-22(31)18-13-19(28-27-18)26-20(15(2)3)21(30)29-12-11-24(32,23(4,5)14-29)16-7-9-17(25)10-8-16/h7-10,13,15,20,32H,6,11-12,14H2,1-5H3,(H2,26,27,28). The lowest BCUT2D eigenvalue weighted by atomic mass is 9.66. The number of amides is 1. The Kier molecular flexibility index (Phi) is 7.39. The van der Waals surface area contributed by atoms with Crippen LogP contribution in [0.2, 0.25) is 5.02 Å². The molecule has 1 aromatic carbocycles. The monoisotopic (exact) mass is 476 g/mol. The quantitative estimate of drug-likeness (QED) is 0.524. The summed E-state index contributed by atoms with van der Waals surface area (Å²) in [6.07, 6.45) is 0.412. The first-order valence-electron chi connectivity index (χ1n) is 11.2. The average Bonchev–Trinajstić information content (AvgIpc) is 3.23. The maximum Gasteiger partial charge on any atom is 0.358 e. The molecule has 3 N–H and O–H groups in total. The highest BCUT2D eigenvalue weighted by Crippen LogP contribution is 2.46. The SMILES string of the molecule is CCOC(=O)c1cc(NC(C(=O)N2CCC(O)(c3ccc(Cl)cc3)C(C)(C)C2)C(C)C)[nH]n1. The van der Waals surface area contributed by atoms with Crippen LogP contribution in [0.1, 0.15) is 57.1 Å². The number of nitrogens with one attached hydrogen (secondary N) is 2. The first kappa shape index (κ1) is 25.1. The topological polar surface area (TPSA) is 108 Å². The van der Waals surface area contributed by atoms with Crippen LogP contribution < -0.4 is 5.32 Å². The van der Waals surface area contributed by atoms with Crippen LogP contribution in [0.4, 0.5) is 5.82 Å². The van der Waals surface area contributed by atoms with Gasteiger partial charge in [-0.2, -0.15) is 5.10 Å². The van der Waals surface area contributed by atoms with Gasteiger partial charge >= 0.3 is 5.97 Å². The number of hydrogen-bond acceptors (Lipinski definition) is 6. The van der Waals surface area contributed by atoms with Crippen LogP contribution in [0.25, 0.3) is 0 Å². The zero-order chi connectivity index (χ0) is 24.4. The Morgan fingerprint density at radius 1 is 1.30 bits per heavy atom. The number of aromatic amines is 1. The molecule has 1 aliphatic heterocycles. The predicted molar refractivity (Wildman–Crippen MR) is 127 cm³/mol. The van der Waals surface area contributed by atoms with E-state index in [-0.39, 0.29) is 24.1 Å². The number of aliphatic hydroxyl groups is 1. The van der Waals surface area contributed by atoms with Crippen molar-refractivity contribution in [2.75, 3.05) is 25.0 Å². The number of aromatic nitrogens is 2. The fraction of sp³-hybridized carbons (Fsp3) is 0.542. The van der Waals surface area contributed by atoms with Gasteiger partial charge < -0.3 is 20.1 Å². The van der Waals surface area contributed by atoms with Crippen molar-refractivity contribution in [1.29, 1.82) is 0 Å². The van der Waals surface area contributed by atoms with Gasteiger partial charge in [0.25, 0.3) is 0 Å². The second-order valence-corrected chi connectivity index (χ2v) is 9.95. The highest BCUT2D eigenvalue weighted by Gasteiger charge is 2.50. The van der Waals surface area contributed by atoms with Crippen LogP contribution in [0.5, 0.6) is 0 Å². The molecule has 0 aliphatic carbocycles. The van der Waals surface area contributed by atoms with Gasteiger partial charge in [-0.15, -0.1) is 0 Å². The number of H-pyrrole nitrogens is 1. The van der Waals surface area contributed by atoms with E-state index in [0.29, 0.717) is 30.4 Å². The number of benzene rings is 1. The van der Waals surface area contributed by atoms with E-state index in [1.807, 2.05) is 39.8 Å². The molecular weight excluding hydrogens is 444 g/mol. The summed E-state index contributed by atoms with van der Waals surface area (Å²) < 4.78 is 4.97. The maximum absolute atomic E-state index is 13.5. The van der Waals surface area contributed by atoms with E-state index in [1.54, 1.807) is 30.0 Å². The van der Waals surface area contributed by atoms with Gasteiger partial charge in [0.05, 0.1) is 12.2 Å². The number of piperidine rings is 1. The molecule has 1 saturated heterocycles. The third-order valence-electron chi connectivity index (χ3n) is 6.39. The summed E-state index contributed by atoms with van der Waals surface area (Å²) >= 11 is 6.02. The van der Waals surface area contributed by atoms with Crippen LogP contribution in [-0.2, 0) is 15.1 Å². The maximum atomic E-state index is 13.5. The van der Waals surface area contributed by atoms with Crippen LogP contribution in [-0.4, -0.2) is 57.8 Å². The number of nitrogens with zero attached hydrogens (tertiary/aromatic N) is 2. The van der Waals surface area contributed by atoms with E-state index < -0.39 is 23.0 Å². The molecule has 8 nitrogen and oxygen atoms in total. The van der Waals surface area contributed by atoms with Crippen molar-refractivity contribution >= 4 is 29.3 Å². The van der Waals surface area contributed by atoms with Crippen molar-refractivity contribution in [1.82, 2.24) is 15.1 Å². The summed E-state index contributed by atoms with van der Waals surface area (Å²) in [7, 11) is 0. The minimum atomic E-state index is -1.08. The van der Waals surface area contributed by atoms with Gasteiger partial charge in [0.1, 0.15) is 11.9 Å². The second kappa shape index (κ2) is 9.73. The summed E-state index contributed by atoms with van der Waals surface area (Å²) in [5.74, 6) is -0.136. The first-order valence-corrected chi connectivity index (χ1v) is 11.6. The van der Waals surface area contributed by atoms with E-state index in [4.69, 9.17) is 16.3 Å². The van der Waals surface area contributed by atoms with Gasteiger partial charge in [-0.1, -0.05) is 51.4 Å². The summed E-state index contributed by atoms with van der Waals surface area (Å²) in [5.41, 5.74) is -0.707. The molecule has 1 aromatic heterocycles. The van der Waals surface area contributed by atoms with Crippen molar-refractivity contribution in [3.8, 4) is 0 Å². The Balaban J connectivity index is 1.75. The van der Waals surface area contributed by atoms with E-state index in [0.717, 1.165) is 5.56 Å². The minimum Gasteiger partial charge on any atom is -0.461 e. The Hall–Kier alpha value is -2.58. The number of ether oxygens (including phenoxy) is 1. The van der Waals surface area contributed by atoms with Crippen molar-refractivity contribution in [2.45, 2.75) is 52.7 Å². The lowest BCUT2D eigenvalue weighted by Gasteiger charge is -2.51. The number of anilines is 1. The third-order valence-corrected chi connectivity index (χ3v) is 6.64. The minimum absolute atomic E-state index is 0.0213. The van der Waals surface area contributed by atoms with Crippen molar-refractivity contribution in [3.63, 3.8) is 0 Å². The van der Waals surface area contributed by atoms with E-state index in [2.05, 4.69) is 15.5 Å². The molecule has 1 aliphatic rings. The fourth-order valence-electron chi connectivity index (χ4n) is 4.35. The van der Waals surface area contributed by atoms with E-state index >= 15 is 0 Å². The van der Waals surface area contributed by atoms with Crippen LogP contribution in [0, 0.1) is 11.3 Å². The molecule has 0 spiro atoms. The summed E-state index contributed by atoms with van der Waals surface area (Å²) in [4.78, 5) is 27.2. The number of halogens is 1. The molecule has 0 radical (unpaired) electrons. The number of rotatable bonds is 7. The molecule has 0 saturated carbocycles. The van der Waals surface area contributed by atoms with Gasteiger partial charge in [0.15, 0.2) is 5.69 Å². The Morgan fingerprint density at radius 3 is 2.55 bits per heavy atom. The zero-order valence-corrected chi connectivity index (χ0v) is 20.6. The molecule has 1 fully saturated rings. The van der Waals surface area contributed by atoms with Crippen molar-refractivity contribution in [2.24, 2.45) is 11.3 Å². The van der Waals surface area contributed by atoms with Gasteiger partial charge in [0, 0.05) is 29.6 Å². The molecule has 0 bridgehead atoms. The Bertz CT molecular complexity index is 989. The second-order valence-electron chi connectivity index (χ2n) is 9.51. The Labute approximate surface area is 199 Å². The number of carbonyl (C=O) groups is 2. The van der Waals surface area contributed by atoms with E-state index in [1.165, 1.54) is 0 Å². The smallest absolute Gasteiger partial charge is 0.358 e. The van der Waals surface area contributed by atoms with Crippen molar-refractivity contribution in [3.05, 3.63) is 46.6 Å². The normalized spacial score (nSPS) is 21.0. The molecule has 180 valence electrons. The summed E-state index contributed by atoms with van der Waals surface area (Å²) in [6.45, 7) is 10.7. The van der Waals surface area contributed by atoms with Crippen LogP contribution in [0.15, 0.2) is 30.3 Å². The highest BCUT2D eigenvalue weighted by atomic mass is 35.5. The first-order chi connectivity index (χ1) is 15.5. The molecular formula is C24H33ClN4O4. The average molecular weight is 477 g/mol. The number of carbonyl (C=O) groups excluding carboxylic acids is 2. The molecule has 9 heteroatoms.